The van der Waals surface area contributed by atoms with Crippen molar-refractivity contribution in [3.05, 3.63) is 36.2 Å². The molecule has 0 saturated heterocycles. The second-order valence-corrected chi connectivity index (χ2v) is 3.21. The van der Waals surface area contributed by atoms with Crippen LogP contribution in [-0.2, 0) is 0 Å². The Labute approximate surface area is 82.0 Å². The summed E-state index contributed by atoms with van der Waals surface area (Å²) in [6.45, 7) is 0.471. The number of fused-ring (bicyclic) bond motifs is 1. The van der Waals surface area contributed by atoms with Crippen LogP contribution in [0.3, 0.4) is 0 Å². The first-order valence-corrected chi connectivity index (χ1v) is 4.63. The van der Waals surface area contributed by atoms with Gasteiger partial charge in [-0.1, -0.05) is 6.07 Å². The molecule has 4 nitrogen and oxygen atoms in total. The van der Waals surface area contributed by atoms with Crippen LogP contribution in [0.5, 0.6) is 0 Å². The Balaban J connectivity index is 2.45. The first kappa shape index (κ1) is 9.18. The molecular formula is C10H13N3O. The lowest BCUT2D eigenvalue weighted by Gasteiger charge is -2.10. The van der Waals surface area contributed by atoms with Crippen LogP contribution in [-0.4, -0.2) is 21.3 Å². The van der Waals surface area contributed by atoms with Crippen molar-refractivity contribution >= 4 is 5.52 Å². The molecule has 14 heavy (non-hydrogen) atoms. The molecule has 0 amide bonds. The number of hydrogen-bond donors (Lipinski definition) is 2. The predicted octanol–water partition coefficient (Wildman–Crippen LogP) is 0.717. The fourth-order valence-electron chi connectivity index (χ4n) is 1.53. The number of aliphatic hydroxyl groups is 1. The van der Waals surface area contributed by atoms with Gasteiger partial charge in [0, 0.05) is 6.20 Å². The molecule has 2 aromatic rings. The Hall–Kier alpha value is -1.39. The minimum absolute atomic E-state index is 0.471. The van der Waals surface area contributed by atoms with Gasteiger partial charge >= 0.3 is 0 Å². The predicted molar refractivity (Wildman–Crippen MR) is 53.8 cm³/mol. The highest BCUT2D eigenvalue weighted by molar-refractivity contribution is 5.46. The molecule has 0 aliphatic carbocycles. The van der Waals surface area contributed by atoms with Crippen LogP contribution in [0, 0.1) is 0 Å². The van der Waals surface area contributed by atoms with Crippen molar-refractivity contribution in [1.82, 2.24) is 9.61 Å². The maximum atomic E-state index is 9.80. The fraction of sp³-hybridized carbons (Fsp3) is 0.300. The van der Waals surface area contributed by atoms with Crippen molar-refractivity contribution < 1.29 is 5.11 Å². The maximum absolute atomic E-state index is 9.80. The Bertz CT molecular complexity index is 424. The van der Waals surface area contributed by atoms with Crippen LogP contribution in [0.2, 0.25) is 0 Å². The second kappa shape index (κ2) is 3.77. The zero-order valence-electron chi connectivity index (χ0n) is 7.80. The molecule has 2 aromatic heterocycles. The number of aliphatic hydroxyl groups excluding tert-OH is 1. The van der Waals surface area contributed by atoms with Crippen molar-refractivity contribution in [3.8, 4) is 0 Å². The van der Waals surface area contributed by atoms with E-state index in [-0.39, 0.29) is 0 Å². The van der Waals surface area contributed by atoms with Crippen LogP contribution < -0.4 is 5.73 Å². The van der Waals surface area contributed by atoms with Crippen LogP contribution >= 0.6 is 0 Å². The SMILES string of the molecule is NCCC(O)c1cccc2ccnn12. The van der Waals surface area contributed by atoms with E-state index in [4.69, 9.17) is 5.73 Å². The molecule has 1 unspecified atom stereocenters. The van der Waals surface area contributed by atoms with Gasteiger partial charge in [0.05, 0.1) is 17.3 Å². The van der Waals surface area contributed by atoms with Gasteiger partial charge in [-0.3, -0.25) is 0 Å². The van der Waals surface area contributed by atoms with Gasteiger partial charge in [0.15, 0.2) is 0 Å². The van der Waals surface area contributed by atoms with E-state index >= 15 is 0 Å². The third kappa shape index (κ3) is 1.49. The number of aromatic nitrogens is 2. The Kier molecular flexibility index (Phi) is 2.47. The molecule has 1 atom stereocenters. The average molecular weight is 191 g/mol. The third-order valence-corrected chi connectivity index (χ3v) is 2.23. The molecule has 0 aromatic carbocycles. The molecule has 3 N–H and O–H groups in total. The van der Waals surface area contributed by atoms with Crippen molar-refractivity contribution in [2.45, 2.75) is 12.5 Å². The average Bonchev–Trinajstić information content (AvgIpc) is 2.65. The topological polar surface area (TPSA) is 63.5 Å². The molecule has 2 heterocycles. The van der Waals surface area contributed by atoms with Gasteiger partial charge < -0.3 is 10.8 Å². The summed E-state index contributed by atoms with van der Waals surface area (Å²) in [4.78, 5) is 0. The van der Waals surface area contributed by atoms with Crippen LogP contribution in [0.25, 0.3) is 5.52 Å². The zero-order chi connectivity index (χ0) is 9.97. The van der Waals surface area contributed by atoms with Crippen molar-refractivity contribution in [1.29, 1.82) is 0 Å². The summed E-state index contributed by atoms with van der Waals surface area (Å²) in [6, 6.07) is 7.62. The maximum Gasteiger partial charge on any atom is 0.0972 e. The molecule has 74 valence electrons. The van der Waals surface area contributed by atoms with Gasteiger partial charge in [-0.25, -0.2) is 4.52 Å². The summed E-state index contributed by atoms with van der Waals surface area (Å²) in [5.74, 6) is 0. The van der Waals surface area contributed by atoms with Crippen molar-refractivity contribution in [3.63, 3.8) is 0 Å². The number of hydrogen-bond acceptors (Lipinski definition) is 3. The summed E-state index contributed by atoms with van der Waals surface area (Å²) >= 11 is 0. The molecule has 0 radical (unpaired) electrons. The molecule has 2 rings (SSSR count). The highest BCUT2D eigenvalue weighted by atomic mass is 16.3. The number of nitrogens with two attached hydrogens (primary N) is 1. The number of rotatable bonds is 3. The summed E-state index contributed by atoms with van der Waals surface area (Å²) in [7, 11) is 0. The second-order valence-electron chi connectivity index (χ2n) is 3.21. The van der Waals surface area contributed by atoms with Crippen molar-refractivity contribution in [2.75, 3.05) is 6.54 Å². The molecule has 0 bridgehead atoms. The highest BCUT2D eigenvalue weighted by Crippen LogP contribution is 2.16. The summed E-state index contributed by atoms with van der Waals surface area (Å²) in [5.41, 5.74) is 7.17. The standard InChI is InChI=1S/C10H13N3O/c11-6-4-10(14)9-3-1-2-8-5-7-12-13(8)9/h1-3,5,7,10,14H,4,6,11H2. The van der Waals surface area contributed by atoms with E-state index in [0.29, 0.717) is 13.0 Å². The van der Waals surface area contributed by atoms with E-state index < -0.39 is 6.10 Å². The normalized spacial score (nSPS) is 13.3. The third-order valence-electron chi connectivity index (χ3n) is 2.23. The molecule has 4 heteroatoms. The summed E-state index contributed by atoms with van der Waals surface area (Å²) in [5, 5.41) is 13.9. The van der Waals surface area contributed by atoms with Gasteiger partial charge in [-0.2, -0.15) is 5.10 Å². The summed E-state index contributed by atoms with van der Waals surface area (Å²) in [6.07, 6.45) is 1.73. The smallest absolute Gasteiger partial charge is 0.0972 e. The molecule has 0 spiro atoms. The van der Waals surface area contributed by atoms with Crippen LogP contribution in [0.15, 0.2) is 30.5 Å². The van der Waals surface area contributed by atoms with Gasteiger partial charge in [-0.05, 0) is 31.2 Å². The number of nitrogens with zero attached hydrogens (tertiary/aromatic N) is 2. The monoisotopic (exact) mass is 191 g/mol. The first-order valence-electron chi connectivity index (χ1n) is 4.63. The molecular weight excluding hydrogens is 178 g/mol. The lowest BCUT2D eigenvalue weighted by atomic mass is 10.1. The van der Waals surface area contributed by atoms with Crippen LogP contribution in [0.4, 0.5) is 0 Å². The Morgan fingerprint density at radius 1 is 1.43 bits per heavy atom. The van der Waals surface area contributed by atoms with E-state index in [1.54, 1.807) is 10.7 Å². The molecule has 0 fully saturated rings. The van der Waals surface area contributed by atoms with Gasteiger partial charge in [-0.15, -0.1) is 0 Å². The van der Waals surface area contributed by atoms with E-state index in [1.165, 1.54) is 0 Å². The quantitative estimate of drug-likeness (QED) is 0.751. The van der Waals surface area contributed by atoms with Crippen molar-refractivity contribution in [2.24, 2.45) is 5.73 Å². The molecule has 0 aliphatic rings. The van der Waals surface area contributed by atoms with E-state index in [0.717, 1.165) is 11.2 Å². The lowest BCUT2D eigenvalue weighted by molar-refractivity contribution is 0.163. The van der Waals surface area contributed by atoms with E-state index in [2.05, 4.69) is 5.10 Å². The van der Waals surface area contributed by atoms with E-state index in [1.807, 2.05) is 24.3 Å². The number of pyridine rings is 1. The van der Waals surface area contributed by atoms with E-state index in [9.17, 15) is 5.11 Å². The largest absolute Gasteiger partial charge is 0.387 e. The zero-order valence-corrected chi connectivity index (χ0v) is 7.80. The molecule has 0 saturated carbocycles. The summed E-state index contributed by atoms with van der Waals surface area (Å²) < 4.78 is 1.74. The van der Waals surface area contributed by atoms with Gasteiger partial charge in [0.1, 0.15) is 0 Å². The van der Waals surface area contributed by atoms with Crippen LogP contribution in [0.1, 0.15) is 18.2 Å². The van der Waals surface area contributed by atoms with Gasteiger partial charge in [0.2, 0.25) is 0 Å². The minimum Gasteiger partial charge on any atom is -0.387 e. The fourth-order valence-corrected chi connectivity index (χ4v) is 1.53. The lowest BCUT2D eigenvalue weighted by Crippen LogP contribution is -2.10. The minimum atomic E-state index is -0.538. The highest BCUT2D eigenvalue weighted by Gasteiger charge is 2.10. The Morgan fingerprint density at radius 2 is 2.29 bits per heavy atom. The molecule has 0 aliphatic heterocycles. The van der Waals surface area contributed by atoms with Gasteiger partial charge in [0.25, 0.3) is 0 Å². The first-order chi connectivity index (χ1) is 6.83. The Morgan fingerprint density at radius 3 is 3.07 bits per heavy atom.